The molecule has 1 heterocycles. The van der Waals surface area contributed by atoms with Crippen molar-refractivity contribution in [2.45, 2.75) is 19.4 Å². The molecule has 0 aromatic rings. The molecule has 1 aliphatic rings. The van der Waals surface area contributed by atoms with Gasteiger partial charge >= 0.3 is 0 Å². The van der Waals surface area contributed by atoms with Crippen molar-refractivity contribution in [2.24, 2.45) is 0 Å². The molecular weight excluding hydrogens is 240 g/mol. The van der Waals surface area contributed by atoms with Gasteiger partial charge in [0.1, 0.15) is 0 Å². The van der Waals surface area contributed by atoms with Crippen LogP contribution in [0.5, 0.6) is 0 Å². The second kappa shape index (κ2) is 6.00. The van der Waals surface area contributed by atoms with Crippen LogP contribution in [0.1, 0.15) is 13.3 Å². The number of alkyl halides is 1. The lowest BCUT2D eigenvalue weighted by atomic mass is 10.3. The summed E-state index contributed by atoms with van der Waals surface area (Å²) in [6.45, 7) is 3.57. The minimum atomic E-state index is -3.36. The van der Waals surface area contributed by atoms with Gasteiger partial charge in [-0.3, -0.25) is 0 Å². The van der Waals surface area contributed by atoms with Crippen molar-refractivity contribution in [2.75, 3.05) is 32.2 Å². The van der Waals surface area contributed by atoms with Crippen molar-refractivity contribution in [3.8, 4) is 0 Å². The molecule has 1 N–H and O–H groups in total. The molecule has 5 nitrogen and oxygen atoms in total. The molecular formula is C8H17ClN2O3S. The SMILES string of the molecule is CC(CCCl)NS(=O)(=O)N1CCOCC1. The normalized spacial score (nSPS) is 21.5. The van der Waals surface area contributed by atoms with E-state index >= 15 is 0 Å². The molecule has 0 aromatic carbocycles. The fraction of sp³-hybridized carbons (Fsp3) is 1.00. The van der Waals surface area contributed by atoms with Crippen LogP contribution in [0.15, 0.2) is 0 Å². The van der Waals surface area contributed by atoms with Crippen LogP contribution in [0.25, 0.3) is 0 Å². The minimum absolute atomic E-state index is 0.129. The zero-order chi connectivity index (χ0) is 11.3. The number of rotatable bonds is 5. The largest absolute Gasteiger partial charge is 0.379 e. The molecule has 90 valence electrons. The Balaban J connectivity index is 2.49. The van der Waals surface area contributed by atoms with Crippen LogP contribution in [-0.2, 0) is 14.9 Å². The van der Waals surface area contributed by atoms with Crippen LogP contribution in [0.3, 0.4) is 0 Å². The zero-order valence-electron chi connectivity index (χ0n) is 8.78. The number of hydrogen-bond acceptors (Lipinski definition) is 3. The molecule has 0 radical (unpaired) electrons. The predicted octanol–water partition coefficient (Wildman–Crippen LogP) is 0.170. The summed E-state index contributed by atoms with van der Waals surface area (Å²) < 4.78 is 32.7. The first-order valence-corrected chi connectivity index (χ1v) is 6.95. The fourth-order valence-electron chi connectivity index (χ4n) is 1.34. The molecule has 0 saturated carbocycles. The number of halogens is 1. The lowest BCUT2D eigenvalue weighted by Gasteiger charge is -2.27. The van der Waals surface area contributed by atoms with Crippen LogP contribution < -0.4 is 4.72 Å². The first-order chi connectivity index (χ1) is 7.06. The summed E-state index contributed by atoms with van der Waals surface area (Å²) in [5.41, 5.74) is 0. The topological polar surface area (TPSA) is 58.6 Å². The highest BCUT2D eigenvalue weighted by Crippen LogP contribution is 2.05. The minimum Gasteiger partial charge on any atom is -0.379 e. The van der Waals surface area contributed by atoms with E-state index < -0.39 is 10.2 Å². The Labute approximate surface area is 95.9 Å². The van der Waals surface area contributed by atoms with Crippen LogP contribution in [-0.4, -0.2) is 50.9 Å². The lowest BCUT2D eigenvalue weighted by molar-refractivity contribution is 0.0723. The van der Waals surface area contributed by atoms with Crippen molar-refractivity contribution in [3.63, 3.8) is 0 Å². The van der Waals surface area contributed by atoms with E-state index in [1.807, 2.05) is 0 Å². The maximum absolute atomic E-state index is 11.8. The van der Waals surface area contributed by atoms with E-state index in [2.05, 4.69) is 4.72 Å². The van der Waals surface area contributed by atoms with Crippen LogP contribution >= 0.6 is 11.6 Å². The van der Waals surface area contributed by atoms with Crippen molar-refractivity contribution in [1.82, 2.24) is 9.03 Å². The van der Waals surface area contributed by atoms with E-state index in [0.717, 1.165) is 0 Å². The van der Waals surface area contributed by atoms with Gasteiger partial charge in [0.25, 0.3) is 10.2 Å². The molecule has 1 aliphatic heterocycles. The first-order valence-electron chi connectivity index (χ1n) is 4.97. The smallest absolute Gasteiger partial charge is 0.279 e. The van der Waals surface area contributed by atoms with Gasteiger partial charge < -0.3 is 4.74 Å². The summed E-state index contributed by atoms with van der Waals surface area (Å²) in [4.78, 5) is 0. The molecule has 0 aromatic heterocycles. The highest BCUT2D eigenvalue weighted by molar-refractivity contribution is 7.87. The van der Waals surface area contributed by atoms with Gasteiger partial charge in [-0.05, 0) is 13.3 Å². The van der Waals surface area contributed by atoms with E-state index in [-0.39, 0.29) is 6.04 Å². The second-order valence-corrected chi connectivity index (χ2v) is 5.59. The highest BCUT2D eigenvalue weighted by atomic mass is 35.5. The van der Waals surface area contributed by atoms with Gasteiger partial charge in [-0.15, -0.1) is 11.6 Å². The van der Waals surface area contributed by atoms with Crippen LogP contribution in [0, 0.1) is 0 Å². The molecule has 15 heavy (non-hydrogen) atoms. The summed E-state index contributed by atoms with van der Waals surface area (Å²) in [6, 6.07) is -0.129. The number of hydrogen-bond donors (Lipinski definition) is 1. The average molecular weight is 257 g/mol. The molecule has 0 spiro atoms. The third kappa shape index (κ3) is 4.24. The summed E-state index contributed by atoms with van der Waals surface area (Å²) >= 11 is 5.54. The summed E-state index contributed by atoms with van der Waals surface area (Å²) in [5.74, 6) is 0.451. The van der Waals surface area contributed by atoms with Gasteiger partial charge in [-0.2, -0.15) is 17.4 Å². The molecule has 1 saturated heterocycles. The van der Waals surface area contributed by atoms with Gasteiger partial charge in [0.05, 0.1) is 13.2 Å². The molecule has 0 bridgehead atoms. The predicted molar refractivity (Wildman–Crippen MR) is 59.2 cm³/mol. The van der Waals surface area contributed by atoms with Crippen molar-refractivity contribution in [1.29, 1.82) is 0 Å². The summed E-state index contributed by atoms with van der Waals surface area (Å²) in [6.07, 6.45) is 0.630. The number of nitrogens with one attached hydrogen (secondary N) is 1. The molecule has 1 atom stereocenters. The van der Waals surface area contributed by atoms with Crippen molar-refractivity contribution < 1.29 is 13.2 Å². The van der Waals surface area contributed by atoms with Crippen molar-refractivity contribution >= 4 is 21.8 Å². The maximum atomic E-state index is 11.8. The van der Waals surface area contributed by atoms with Gasteiger partial charge in [0, 0.05) is 25.0 Å². The molecule has 0 amide bonds. The molecule has 0 aliphatic carbocycles. The molecule has 1 fully saturated rings. The van der Waals surface area contributed by atoms with E-state index in [0.29, 0.717) is 38.6 Å². The van der Waals surface area contributed by atoms with Crippen LogP contribution in [0.2, 0.25) is 0 Å². The molecule has 1 unspecified atom stereocenters. The lowest BCUT2D eigenvalue weighted by Crippen LogP contribution is -2.49. The highest BCUT2D eigenvalue weighted by Gasteiger charge is 2.25. The number of morpholine rings is 1. The summed E-state index contributed by atoms with van der Waals surface area (Å²) in [5, 5.41) is 0. The van der Waals surface area contributed by atoms with E-state index in [4.69, 9.17) is 16.3 Å². The Kier molecular flexibility index (Phi) is 5.28. The monoisotopic (exact) mass is 256 g/mol. The standard InChI is InChI=1S/C8H17ClN2O3S/c1-8(2-3-9)10-15(12,13)11-4-6-14-7-5-11/h8,10H,2-7H2,1H3. The fourth-order valence-corrected chi connectivity index (χ4v) is 3.07. The van der Waals surface area contributed by atoms with E-state index in [9.17, 15) is 8.42 Å². The molecule has 7 heteroatoms. The Morgan fingerprint density at radius 2 is 2.07 bits per heavy atom. The first kappa shape index (κ1) is 13.2. The Morgan fingerprint density at radius 3 is 2.60 bits per heavy atom. The Bertz CT molecular complexity index is 278. The zero-order valence-corrected chi connectivity index (χ0v) is 10.4. The van der Waals surface area contributed by atoms with E-state index in [1.54, 1.807) is 6.92 Å². The van der Waals surface area contributed by atoms with Gasteiger partial charge in [-0.25, -0.2) is 0 Å². The number of nitrogens with zero attached hydrogens (tertiary/aromatic N) is 1. The summed E-state index contributed by atoms with van der Waals surface area (Å²) in [7, 11) is -3.36. The third-order valence-corrected chi connectivity index (χ3v) is 4.17. The number of ether oxygens (including phenoxy) is 1. The average Bonchev–Trinajstić information content (AvgIpc) is 2.18. The second-order valence-electron chi connectivity index (χ2n) is 3.51. The molecule has 1 rings (SSSR count). The quantitative estimate of drug-likeness (QED) is 0.714. The maximum Gasteiger partial charge on any atom is 0.279 e. The van der Waals surface area contributed by atoms with Crippen molar-refractivity contribution in [3.05, 3.63) is 0 Å². The van der Waals surface area contributed by atoms with Gasteiger partial charge in [-0.1, -0.05) is 0 Å². The van der Waals surface area contributed by atoms with Crippen LogP contribution in [0.4, 0.5) is 0 Å². The third-order valence-electron chi connectivity index (χ3n) is 2.20. The Morgan fingerprint density at radius 1 is 1.47 bits per heavy atom. The Hall–Kier alpha value is 0.120. The van der Waals surface area contributed by atoms with E-state index in [1.165, 1.54) is 4.31 Å². The van der Waals surface area contributed by atoms with Gasteiger partial charge in [0.15, 0.2) is 0 Å². The van der Waals surface area contributed by atoms with Gasteiger partial charge in [0.2, 0.25) is 0 Å².